The summed E-state index contributed by atoms with van der Waals surface area (Å²) in [5.41, 5.74) is 9.19. The van der Waals surface area contributed by atoms with Crippen LogP contribution >= 0.6 is 11.6 Å². The van der Waals surface area contributed by atoms with Crippen LogP contribution in [0.1, 0.15) is 11.3 Å². The molecule has 0 spiro atoms. The zero-order chi connectivity index (χ0) is 12.4. The summed E-state index contributed by atoms with van der Waals surface area (Å²) in [6.45, 7) is 3.85. The molecule has 1 aromatic carbocycles. The predicted octanol–water partition coefficient (Wildman–Crippen LogP) is 3.68. The molecule has 0 atom stereocenters. The van der Waals surface area contributed by atoms with Gasteiger partial charge in [-0.05, 0) is 43.7 Å². The largest absolute Gasteiger partial charge is 0.397 e. The Balaban J connectivity index is 2.25. The summed E-state index contributed by atoms with van der Waals surface area (Å²) in [7, 11) is 0. The van der Waals surface area contributed by atoms with Gasteiger partial charge >= 0.3 is 0 Å². The van der Waals surface area contributed by atoms with Crippen molar-refractivity contribution in [2.75, 3.05) is 11.1 Å². The van der Waals surface area contributed by atoms with E-state index < -0.39 is 0 Å². The number of pyridine rings is 1. The molecular weight excluding hydrogens is 234 g/mol. The van der Waals surface area contributed by atoms with Crippen LogP contribution in [0.15, 0.2) is 30.3 Å². The van der Waals surface area contributed by atoms with Crippen LogP contribution in [-0.2, 0) is 0 Å². The summed E-state index contributed by atoms with van der Waals surface area (Å²) in [5, 5.41) is 3.93. The molecule has 0 aliphatic carbocycles. The quantitative estimate of drug-likeness (QED) is 0.851. The second-order valence-electron chi connectivity index (χ2n) is 3.96. The number of nitrogen functional groups attached to an aromatic ring is 1. The first-order valence-electron chi connectivity index (χ1n) is 5.32. The van der Waals surface area contributed by atoms with E-state index in [0.29, 0.717) is 5.69 Å². The van der Waals surface area contributed by atoms with Crippen LogP contribution < -0.4 is 11.1 Å². The third-order valence-electron chi connectivity index (χ3n) is 2.57. The zero-order valence-electron chi connectivity index (χ0n) is 9.79. The van der Waals surface area contributed by atoms with Gasteiger partial charge in [0.15, 0.2) is 0 Å². The van der Waals surface area contributed by atoms with Gasteiger partial charge in [0.05, 0.1) is 11.4 Å². The van der Waals surface area contributed by atoms with Gasteiger partial charge in [-0.1, -0.05) is 17.7 Å². The average Bonchev–Trinajstić information content (AvgIpc) is 2.29. The van der Waals surface area contributed by atoms with Crippen molar-refractivity contribution in [3.05, 3.63) is 46.6 Å². The van der Waals surface area contributed by atoms with Crippen molar-refractivity contribution in [2.24, 2.45) is 0 Å². The van der Waals surface area contributed by atoms with Crippen LogP contribution in [0.4, 0.5) is 17.2 Å². The lowest BCUT2D eigenvalue weighted by atomic mass is 10.2. The van der Waals surface area contributed by atoms with Gasteiger partial charge in [-0.3, -0.25) is 0 Å². The van der Waals surface area contributed by atoms with Gasteiger partial charge in [-0.25, -0.2) is 4.98 Å². The Hall–Kier alpha value is -1.74. The van der Waals surface area contributed by atoms with Gasteiger partial charge in [-0.2, -0.15) is 0 Å². The topological polar surface area (TPSA) is 50.9 Å². The van der Waals surface area contributed by atoms with Gasteiger partial charge in [-0.15, -0.1) is 0 Å². The second kappa shape index (κ2) is 4.63. The van der Waals surface area contributed by atoms with Gasteiger partial charge in [0.1, 0.15) is 5.82 Å². The first-order chi connectivity index (χ1) is 8.06. The summed E-state index contributed by atoms with van der Waals surface area (Å²) in [6, 6.07) is 9.49. The molecule has 3 N–H and O–H groups in total. The molecule has 1 heterocycles. The Kier molecular flexibility index (Phi) is 3.20. The fraction of sp³-hybridized carbons (Fsp3) is 0.154. The van der Waals surface area contributed by atoms with Crippen molar-refractivity contribution in [1.82, 2.24) is 4.98 Å². The van der Waals surface area contributed by atoms with Crippen molar-refractivity contribution >= 4 is 28.8 Å². The summed E-state index contributed by atoms with van der Waals surface area (Å²) in [6.07, 6.45) is 0. The maximum Gasteiger partial charge on any atom is 0.130 e. The summed E-state index contributed by atoms with van der Waals surface area (Å²) in [5.74, 6) is 0.761. The van der Waals surface area contributed by atoms with Crippen molar-refractivity contribution < 1.29 is 0 Å². The molecule has 4 heteroatoms. The fourth-order valence-corrected chi connectivity index (χ4v) is 1.64. The normalized spacial score (nSPS) is 10.3. The second-order valence-corrected chi connectivity index (χ2v) is 4.37. The maximum atomic E-state index is 6.06. The number of benzene rings is 1. The molecule has 0 saturated heterocycles. The Morgan fingerprint density at radius 2 is 1.94 bits per heavy atom. The monoisotopic (exact) mass is 247 g/mol. The molecule has 88 valence electrons. The number of halogens is 1. The van der Waals surface area contributed by atoms with Crippen molar-refractivity contribution in [1.29, 1.82) is 0 Å². The molecule has 0 aliphatic rings. The van der Waals surface area contributed by atoms with E-state index in [1.807, 2.05) is 44.2 Å². The number of aromatic nitrogens is 1. The standard InChI is InChI=1S/C13H14ClN3/c1-8-3-4-10(7-11(8)14)17-13-6-5-12(15)9(2)16-13/h3-7H,15H2,1-2H3,(H,16,17). The van der Waals surface area contributed by atoms with E-state index in [4.69, 9.17) is 17.3 Å². The van der Waals surface area contributed by atoms with E-state index in [9.17, 15) is 0 Å². The molecule has 0 radical (unpaired) electrons. The SMILES string of the molecule is Cc1ccc(Nc2ccc(N)c(C)n2)cc1Cl. The molecule has 3 nitrogen and oxygen atoms in total. The van der Waals surface area contributed by atoms with Crippen LogP contribution in [-0.4, -0.2) is 4.98 Å². The molecular formula is C13H14ClN3. The summed E-state index contributed by atoms with van der Waals surface area (Å²) in [4.78, 5) is 4.34. The molecule has 1 aromatic heterocycles. The Morgan fingerprint density at radius 1 is 1.18 bits per heavy atom. The molecule has 0 amide bonds. The molecule has 2 aromatic rings. The van der Waals surface area contributed by atoms with Gasteiger partial charge in [0.25, 0.3) is 0 Å². The maximum absolute atomic E-state index is 6.06. The predicted molar refractivity (Wildman–Crippen MR) is 72.9 cm³/mol. The van der Waals surface area contributed by atoms with Crippen LogP contribution in [0.5, 0.6) is 0 Å². The molecule has 0 unspecified atom stereocenters. The van der Waals surface area contributed by atoms with Crippen LogP contribution in [0, 0.1) is 13.8 Å². The molecule has 17 heavy (non-hydrogen) atoms. The van der Waals surface area contributed by atoms with Crippen LogP contribution in [0.2, 0.25) is 5.02 Å². The Bertz CT molecular complexity index is 503. The van der Waals surface area contributed by atoms with E-state index in [-0.39, 0.29) is 0 Å². The number of nitrogens with zero attached hydrogens (tertiary/aromatic N) is 1. The summed E-state index contributed by atoms with van der Waals surface area (Å²) < 4.78 is 0. The van der Waals surface area contributed by atoms with Gasteiger partial charge in [0.2, 0.25) is 0 Å². The number of nitrogens with one attached hydrogen (secondary N) is 1. The number of hydrogen-bond donors (Lipinski definition) is 2. The first kappa shape index (κ1) is 11.7. The number of rotatable bonds is 2. The highest BCUT2D eigenvalue weighted by Crippen LogP contribution is 2.23. The highest BCUT2D eigenvalue weighted by atomic mass is 35.5. The lowest BCUT2D eigenvalue weighted by Crippen LogP contribution is -1.98. The highest BCUT2D eigenvalue weighted by molar-refractivity contribution is 6.31. The Morgan fingerprint density at radius 3 is 2.59 bits per heavy atom. The minimum absolute atomic E-state index is 0.692. The number of hydrogen-bond acceptors (Lipinski definition) is 3. The van der Waals surface area contributed by atoms with E-state index >= 15 is 0 Å². The summed E-state index contributed by atoms with van der Waals surface area (Å²) >= 11 is 6.06. The minimum atomic E-state index is 0.692. The molecule has 0 fully saturated rings. The van der Waals surface area contributed by atoms with E-state index in [2.05, 4.69) is 10.3 Å². The van der Waals surface area contributed by atoms with Gasteiger partial charge < -0.3 is 11.1 Å². The fourth-order valence-electron chi connectivity index (χ4n) is 1.46. The van der Waals surface area contributed by atoms with E-state index in [1.54, 1.807) is 0 Å². The molecule has 2 rings (SSSR count). The smallest absolute Gasteiger partial charge is 0.130 e. The van der Waals surface area contributed by atoms with E-state index in [1.165, 1.54) is 0 Å². The Labute approximate surface area is 106 Å². The van der Waals surface area contributed by atoms with Crippen molar-refractivity contribution in [3.63, 3.8) is 0 Å². The van der Waals surface area contributed by atoms with Crippen molar-refractivity contribution in [3.8, 4) is 0 Å². The minimum Gasteiger partial charge on any atom is -0.397 e. The lowest BCUT2D eigenvalue weighted by Gasteiger charge is -2.08. The average molecular weight is 248 g/mol. The number of aryl methyl sites for hydroxylation is 2. The number of anilines is 3. The zero-order valence-corrected chi connectivity index (χ0v) is 10.5. The molecule has 0 saturated carbocycles. The third kappa shape index (κ3) is 2.68. The first-order valence-corrected chi connectivity index (χ1v) is 5.70. The number of nitrogens with two attached hydrogens (primary N) is 1. The lowest BCUT2D eigenvalue weighted by molar-refractivity contribution is 1.20. The van der Waals surface area contributed by atoms with Gasteiger partial charge in [0, 0.05) is 10.7 Å². The third-order valence-corrected chi connectivity index (χ3v) is 2.98. The molecule has 0 aliphatic heterocycles. The highest BCUT2D eigenvalue weighted by Gasteiger charge is 2.01. The van der Waals surface area contributed by atoms with Crippen LogP contribution in [0.3, 0.4) is 0 Å². The molecule has 0 bridgehead atoms. The van der Waals surface area contributed by atoms with Crippen molar-refractivity contribution in [2.45, 2.75) is 13.8 Å². The van der Waals surface area contributed by atoms with E-state index in [0.717, 1.165) is 27.8 Å². The van der Waals surface area contributed by atoms with Crippen LogP contribution in [0.25, 0.3) is 0 Å².